The Bertz CT molecular complexity index is 1030. The van der Waals surface area contributed by atoms with E-state index in [1.807, 2.05) is 0 Å². The van der Waals surface area contributed by atoms with E-state index in [0.29, 0.717) is 5.56 Å². The Kier molecular flexibility index (Phi) is 4.18. The predicted molar refractivity (Wildman–Crippen MR) is 84.4 cm³/mol. The molecule has 3 aromatic rings. The first-order chi connectivity index (χ1) is 11.9. The number of ether oxygens (including phenoxy) is 1. The summed E-state index contributed by atoms with van der Waals surface area (Å²) in [7, 11) is 0. The van der Waals surface area contributed by atoms with Crippen LogP contribution in [0.5, 0.6) is 5.88 Å². The fourth-order valence-corrected chi connectivity index (χ4v) is 2.38. The Balaban J connectivity index is 2.39. The summed E-state index contributed by atoms with van der Waals surface area (Å²) in [5.41, 5.74) is -0.597. The highest BCUT2D eigenvalue weighted by molar-refractivity contribution is 5.92. The number of fused-ring (bicyclic) bond motifs is 1. The van der Waals surface area contributed by atoms with Crippen LogP contribution >= 0.6 is 0 Å². The molecule has 0 radical (unpaired) electrons. The van der Waals surface area contributed by atoms with Crippen molar-refractivity contribution in [3.8, 4) is 17.0 Å². The van der Waals surface area contributed by atoms with Crippen molar-refractivity contribution in [2.24, 2.45) is 0 Å². The van der Waals surface area contributed by atoms with Crippen LogP contribution in [0.1, 0.15) is 17.3 Å². The van der Waals surface area contributed by atoms with Gasteiger partial charge in [0.15, 0.2) is 5.65 Å². The van der Waals surface area contributed by atoms with Gasteiger partial charge in [-0.2, -0.15) is 9.37 Å². The lowest BCUT2D eigenvalue weighted by molar-refractivity contribution is 0.0524. The van der Waals surface area contributed by atoms with E-state index in [-0.39, 0.29) is 23.4 Å². The molecule has 2 aromatic heterocycles. The van der Waals surface area contributed by atoms with Crippen LogP contribution in [0, 0.1) is 11.6 Å². The number of hydrogen-bond donors (Lipinski definition) is 1. The van der Waals surface area contributed by atoms with Gasteiger partial charge in [-0.05, 0) is 30.7 Å². The van der Waals surface area contributed by atoms with E-state index in [0.717, 1.165) is 10.6 Å². The molecular formula is C17H12F2N2O4. The van der Waals surface area contributed by atoms with E-state index in [1.54, 1.807) is 6.92 Å². The molecule has 0 spiro atoms. The molecule has 128 valence electrons. The number of pyridine rings is 1. The van der Waals surface area contributed by atoms with Crippen LogP contribution in [-0.4, -0.2) is 27.1 Å². The fraction of sp³-hybridized carbons (Fsp3) is 0.118. The Hall–Kier alpha value is -3.29. The smallest absolute Gasteiger partial charge is 0.343 e. The van der Waals surface area contributed by atoms with Crippen LogP contribution in [0.15, 0.2) is 41.3 Å². The number of aromatic hydroxyl groups is 1. The molecule has 0 unspecified atom stereocenters. The highest BCUT2D eigenvalue weighted by atomic mass is 19.1. The third kappa shape index (κ3) is 2.93. The number of carbonyl (C=O) groups excluding carboxylic acids is 1. The molecule has 0 amide bonds. The van der Waals surface area contributed by atoms with Gasteiger partial charge in [-0.3, -0.25) is 9.20 Å². The second-order valence-corrected chi connectivity index (χ2v) is 5.11. The predicted octanol–water partition coefficient (Wildman–Crippen LogP) is 2.52. The van der Waals surface area contributed by atoms with Crippen molar-refractivity contribution in [3.63, 3.8) is 0 Å². The van der Waals surface area contributed by atoms with Gasteiger partial charge >= 0.3 is 5.97 Å². The number of benzene rings is 1. The molecule has 0 aliphatic carbocycles. The van der Waals surface area contributed by atoms with Gasteiger partial charge < -0.3 is 9.84 Å². The van der Waals surface area contributed by atoms with E-state index < -0.39 is 29.0 Å². The van der Waals surface area contributed by atoms with Gasteiger partial charge in [0.05, 0.1) is 12.8 Å². The zero-order valence-electron chi connectivity index (χ0n) is 13.0. The molecule has 1 N–H and O–H groups in total. The first-order valence-corrected chi connectivity index (χ1v) is 7.30. The van der Waals surface area contributed by atoms with E-state index in [4.69, 9.17) is 4.74 Å². The molecule has 6 nitrogen and oxygen atoms in total. The number of nitrogens with zero attached hydrogens (tertiary/aromatic N) is 2. The molecule has 0 saturated carbocycles. The number of aromatic nitrogens is 2. The van der Waals surface area contributed by atoms with Crippen LogP contribution in [0.3, 0.4) is 0 Å². The van der Waals surface area contributed by atoms with Crippen LogP contribution < -0.4 is 5.56 Å². The van der Waals surface area contributed by atoms with E-state index in [2.05, 4.69) is 4.98 Å². The van der Waals surface area contributed by atoms with Gasteiger partial charge in [-0.1, -0.05) is 12.1 Å². The van der Waals surface area contributed by atoms with E-state index in [1.165, 1.54) is 30.3 Å². The quantitative estimate of drug-likeness (QED) is 0.737. The fourth-order valence-electron chi connectivity index (χ4n) is 2.38. The third-order valence-electron chi connectivity index (χ3n) is 3.53. The SMILES string of the molecule is CCOC(=O)c1cc(-c2ccc(F)cc2)c2nc(O)c(F)cn2c1=O. The van der Waals surface area contributed by atoms with E-state index in [9.17, 15) is 23.5 Å². The van der Waals surface area contributed by atoms with Crippen molar-refractivity contribution in [1.29, 1.82) is 0 Å². The molecule has 0 aliphatic heterocycles. The third-order valence-corrected chi connectivity index (χ3v) is 3.53. The first-order valence-electron chi connectivity index (χ1n) is 7.30. The lowest BCUT2D eigenvalue weighted by atomic mass is 10.0. The standard InChI is InChI=1S/C17H12F2N2O4/c1-2-25-17(24)12-7-11(9-3-5-10(18)6-4-9)14-20-15(22)13(19)8-21(14)16(12)23/h3-8H,2H2,1H3,(H,20,22). The summed E-state index contributed by atoms with van der Waals surface area (Å²) >= 11 is 0. The van der Waals surface area contributed by atoms with Gasteiger partial charge in [-0.25, -0.2) is 9.18 Å². The zero-order chi connectivity index (χ0) is 18.1. The van der Waals surface area contributed by atoms with Gasteiger partial charge in [0, 0.05) is 5.56 Å². The summed E-state index contributed by atoms with van der Waals surface area (Å²) in [6.45, 7) is 1.63. The topological polar surface area (TPSA) is 80.9 Å². The average Bonchev–Trinajstić information content (AvgIpc) is 2.58. The molecular weight excluding hydrogens is 334 g/mol. The van der Waals surface area contributed by atoms with Crippen molar-refractivity contribution >= 4 is 11.6 Å². The minimum absolute atomic E-state index is 0.0506. The van der Waals surface area contributed by atoms with Crippen molar-refractivity contribution in [2.45, 2.75) is 6.92 Å². The van der Waals surface area contributed by atoms with Gasteiger partial charge in [0.2, 0.25) is 5.82 Å². The molecule has 1 aromatic carbocycles. The highest BCUT2D eigenvalue weighted by Crippen LogP contribution is 2.26. The van der Waals surface area contributed by atoms with Crippen molar-refractivity contribution < 1.29 is 23.4 Å². The largest absolute Gasteiger partial charge is 0.491 e. The highest BCUT2D eigenvalue weighted by Gasteiger charge is 2.20. The Labute approximate surface area is 139 Å². The maximum absolute atomic E-state index is 13.7. The summed E-state index contributed by atoms with van der Waals surface area (Å²) in [5.74, 6) is -3.38. The first kappa shape index (κ1) is 16.6. The monoisotopic (exact) mass is 346 g/mol. The minimum atomic E-state index is -1.12. The zero-order valence-corrected chi connectivity index (χ0v) is 13.0. The van der Waals surface area contributed by atoms with Crippen LogP contribution in [0.25, 0.3) is 16.8 Å². The lowest BCUT2D eigenvalue weighted by Gasteiger charge is -2.11. The lowest BCUT2D eigenvalue weighted by Crippen LogP contribution is -2.24. The second-order valence-electron chi connectivity index (χ2n) is 5.11. The molecule has 0 fully saturated rings. The van der Waals surface area contributed by atoms with Crippen LogP contribution in [0.4, 0.5) is 8.78 Å². The molecule has 0 atom stereocenters. The summed E-state index contributed by atoms with van der Waals surface area (Å²) < 4.78 is 32.5. The molecule has 2 heterocycles. The summed E-state index contributed by atoms with van der Waals surface area (Å²) in [5, 5.41) is 9.53. The number of rotatable bonds is 3. The minimum Gasteiger partial charge on any atom is -0.491 e. The number of carbonyl (C=O) groups is 1. The normalized spacial score (nSPS) is 10.8. The number of esters is 1. The Morgan fingerprint density at radius 1 is 1.28 bits per heavy atom. The molecule has 8 heteroatoms. The summed E-state index contributed by atoms with van der Waals surface area (Å²) in [4.78, 5) is 28.2. The van der Waals surface area contributed by atoms with Crippen molar-refractivity contribution in [2.75, 3.05) is 6.61 Å². The molecule has 0 aliphatic rings. The molecule has 0 bridgehead atoms. The average molecular weight is 346 g/mol. The molecule has 25 heavy (non-hydrogen) atoms. The van der Waals surface area contributed by atoms with Crippen molar-refractivity contribution in [3.05, 3.63) is 64.1 Å². The molecule has 0 saturated heterocycles. The Morgan fingerprint density at radius 2 is 1.96 bits per heavy atom. The summed E-state index contributed by atoms with van der Waals surface area (Å²) in [6.07, 6.45) is 0.732. The van der Waals surface area contributed by atoms with E-state index >= 15 is 0 Å². The maximum atomic E-state index is 13.7. The second kappa shape index (κ2) is 6.31. The van der Waals surface area contributed by atoms with Gasteiger partial charge in [-0.15, -0.1) is 0 Å². The van der Waals surface area contributed by atoms with Crippen LogP contribution in [0.2, 0.25) is 0 Å². The Morgan fingerprint density at radius 3 is 2.60 bits per heavy atom. The number of hydrogen-bond acceptors (Lipinski definition) is 5. The molecule has 3 rings (SSSR count). The van der Waals surface area contributed by atoms with Crippen LogP contribution in [-0.2, 0) is 4.74 Å². The number of halogens is 2. The summed E-state index contributed by atoms with van der Waals surface area (Å²) in [6, 6.07) is 6.42. The maximum Gasteiger partial charge on any atom is 0.343 e. The van der Waals surface area contributed by atoms with Gasteiger partial charge in [0.25, 0.3) is 11.4 Å². The van der Waals surface area contributed by atoms with Crippen molar-refractivity contribution in [1.82, 2.24) is 9.38 Å². The van der Waals surface area contributed by atoms with Gasteiger partial charge in [0.1, 0.15) is 11.4 Å².